The van der Waals surface area contributed by atoms with Crippen LogP contribution in [-0.2, 0) is 26.4 Å². The first-order valence-corrected chi connectivity index (χ1v) is 9.27. The van der Waals surface area contributed by atoms with Gasteiger partial charge in [0.1, 0.15) is 5.82 Å². The molecule has 1 aliphatic rings. The first kappa shape index (κ1) is 17.3. The Kier molecular flexibility index (Phi) is 4.62. The Balaban J connectivity index is 1.57. The van der Waals surface area contributed by atoms with Gasteiger partial charge in [-0.05, 0) is 36.6 Å². The third kappa shape index (κ3) is 3.30. The van der Waals surface area contributed by atoms with Crippen LogP contribution in [0.2, 0.25) is 0 Å². The van der Waals surface area contributed by atoms with Crippen molar-refractivity contribution in [2.24, 2.45) is 7.05 Å². The van der Waals surface area contributed by atoms with Crippen molar-refractivity contribution >= 4 is 17.4 Å². The molecular formula is C21H23N5O. The van der Waals surface area contributed by atoms with Crippen molar-refractivity contribution < 1.29 is 4.79 Å². The van der Waals surface area contributed by atoms with E-state index in [1.807, 2.05) is 53.2 Å². The number of nitrogens with zero attached hydrogens (tertiary/aromatic N) is 4. The number of hydrogen-bond acceptors (Lipinski definition) is 4. The van der Waals surface area contributed by atoms with Gasteiger partial charge in [-0.2, -0.15) is 5.10 Å². The Morgan fingerprint density at radius 2 is 2.07 bits per heavy atom. The number of nitrogens with one attached hydrogen (secondary N) is 1. The van der Waals surface area contributed by atoms with Crippen molar-refractivity contribution in [2.75, 3.05) is 16.8 Å². The normalized spacial score (nSPS) is 12.9. The standard InChI is InChI=1S/C21H23N5O/c1-3-18-16(14-25(2)24-18)13-23-20-17(8-6-11-22-20)21(27)26-12-10-15-7-4-5-9-19(15)26/h4-9,11,14H,3,10,12-13H2,1-2H3,(H,22,23). The molecule has 0 saturated carbocycles. The number of rotatable bonds is 5. The highest BCUT2D eigenvalue weighted by Crippen LogP contribution is 2.30. The molecule has 6 heteroatoms. The number of aromatic nitrogens is 3. The number of carbonyl (C=O) groups is 1. The number of amides is 1. The van der Waals surface area contributed by atoms with Crippen LogP contribution in [0, 0.1) is 0 Å². The van der Waals surface area contributed by atoms with Gasteiger partial charge in [-0.15, -0.1) is 0 Å². The number of aryl methyl sites for hydroxylation is 2. The van der Waals surface area contributed by atoms with E-state index in [-0.39, 0.29) is 5.91 Å². The molecule has 0 radical (unpaired) electrons. The third-order valence-electron chi connectivity index (χ3n) is 4.94. The second-order valence-electron chi connectivity index (χ2n) is 6.72. The van der Waals surface area contributed by atoms with Crippen molar-refractivity contribution in [1.29, 1.82) is 0 Å². The van der Waals surface area contributed by atoms with Crippen LogP contribution < -0.4 is 10.2 Å². The maximum Gasteiger partial charge on any atom is 0.262 e. The highest BCUT2D eigenvalue weighted by atomic mass is 16.2. The molecule has 6 nitrogen and oxygen atoms in total. The van der Waals surface area contributed by atoms with Gasteiger partial charge in [-0.1, -0.05) is 25.1 Å². The average molecular weight is 361 g/mol. The van der Waals surface area contributed by atoms with E-state index in [0.29, 0.717) is 24.5 Å². The number of hydrogen-bond donors (Lipinski definition) is 1. The van der Waals surface area contributed by atoms with Gasteiger partial charge in [-0.25, -0.2) is 4.98 Å². The first-order chi connectivity index (χ1) is 13.2. The smallest absolute Gasteiger partial charge is 0.262 e. The van der Waals surface area contributed by atoms with Crippen molar-refractivity contribution in [3.63, 3.8) is 0 Å². The van der Waals surface area contributed by atoms with Crippen LogP contribution in [0.15, 0.2) is 48.8 Å². The van der Waals surface area contributed by atoms with Gasteiger partial charge in [0.05, 0.1) is 11.3 Å². The molecule has 0 unspecified atom stereocenters. The van der Waals surface area contributed by atoms with Crippen LogP contribution in [-0.4, -0.2) is 27.2 Å². The summed E-state index contributed by atoms with van der Waals surface area (Å²) in [6, 6.07) is 11.7. The van der Waals surface area contributed by atoms with E-state index in [1.165, 1.54) is 5.56 Å². The summed E-state index contributed by atoms with van der Waals surface area (Å²) in [7, 11) is 1.92. The highest BCUT2D eigenvalue weighted by Gasteiger charge is 2.27. The minimum Gasteiger partial charge on any atom is -0.365 e. The second kappa shape index (κ2) is 7.23. The van der Waals surface area contributed by atoms with Crippen LogP contribution in [0.5, 0.6) is 0 Å². The topological polar surface area (TPSA) is 63.1 Å². The van der Waals surface area contributed by atoms with Gasteiger partial charge in [0.2, 0.25) is 0 Å². The summed E-state index contributed by atoms with van der Waals surface area (Å²) >= 11 is 0. The fourth-order valence-electron chi connectivity index (χ4n) is 3.62. The molecule has 1 aromatic carbocycles. The van der Waals surface area contributed by atoms with Crippen LogP contribution >= 0.6 is 0 Å². The second-order valence-corrected chi connectivity index (χ2v) is 6.72. The summed E-state index contributed by atoms with van der Waals surface area (Å²) in [5.41, 5.74) is 4.99. The van der Waals surface area contributed by atoms with Crippen LogP contribution in [0.25, 0.3) is 0 Å². The van der Waals surface area contributed by atoms with E-state index in [9.17, 15) is 4.79 Å². The maximum absolute atomic E-state index is 13.2. The molecule has 0 fully saturated rings. The summed E-state index contributed by atoms with van der Waals surface area (Å²) < 4.78 is 1.82. The Hall–Kier alpha value is -3.15. The molecule has 0 saturated heterocycles. The summed E-state index contributed by atoms with van der Waals surface area (Å²) in [6.07, 6.45) is 5.48. The van der Waals surface area contributed by atoms with Crippen LogP contribution in [0.3, 0.4) is 0 Å². The molecule has 0 atom stereocenters. The Labute approximate surface area is 158 Å². The fraction of sp³-hybridized carbons (Fsp3) is 0.286. The quantitative estimate of drug-likeness (QED) is 0.758. The zero-order chi connectivity index (χ0) is 18.8. The lowest BCUT2D eigenvalue weighted by Gasteiger charge is -2.19. The Morgan fingerprint density at radius 3 is 2.93 bits per heavy atom. The first-order valence-electron chi connectivity index (χ1n) is 9.27. The Morgan fingerprint density at radius 1 is 1.22 bits per heavy atom. The lowest BCUT2D eigenvalue weighted by molar-refractivity contribution is 0.0990. The van der Waals surface area contributed by atoms with Crippen molar-refractivity contribution in [1.82, 2.24) is 14.8 Å². The largest absolute Gasteiger partial charge is 0.365 e. The maximum atomic E-state index is 13.2. The molecular weight excluding hydrogens is 338 g/mol. The number of benzene rings is 1. The Bertz CT molecular complexity index is 978. The molecule has 0 spiro atoms. The molecule has 0 bridgehead atoms. The van der Waals surface area contributed by atoms with E-state index >= 15 is 0 Å². The van der Waals surface area contributed by atoms with Gasteiger partial charge in [-0.3, -0.25) is 9.48 Å². The van der Waals surface area contributed by atoms with E-state index in [2.05, 4.69) is 28.4 Å². The molecule has 1 amide bonds. The number of anilines is 2. The van der Waals surface area contributed by atoms with Gasteiger partial charge < -0.3 is 10.2 Å². The molecule has 3 aromatic rings. The van der Waals surface area contributed by atoms with Crippen LogP contribution in [0.1, 0.15) is 34.1 Å². The number of para-hydroxylation sites is 1. The predicted octanol–water partition coefficient (Wildman–Crippen LogP) is 3.19. The SMILES string of the molecule is CCc1nn(C)cc1CNc1ncccc1C(=O)N1CCc2ccccc21. The number of pyridine rings is 1. The summed E-state index contributed by atoms with van der Waals surface area (Å²) in [5, 5.41) is 7.80. The predicted molar refractivity (Wildman–Crippen MR) is 106 cm³/mol. The average Bonchev–Trinajstić information content (AvgIpc) is 3.29. The van der Waals surface area contributed by atoms with E-state index in [1.54, 1.807) is 6.20 Å². The lowest BCUT2D eigenvalue weighted by atomic mass is 10.1. The van der Waals surface area contributed by atoms with Crippen molar-refractivity contribution in [3.05, 3.63) is 71.2 Å². The fourth-order valence-corrected chi connectivity index (χ4v) is 3.62. The van der Waals surface area contributed by atoms with E-state index in [0.717, 1.165) is 29.8 Å². The van der Waals surface area contributed by atoms with Crippen molar-refractivity contribution in [3.8, 4) is 0 Å². The zero-order valence-corrected chi connectivity index (χ0v) is 15.6. The van der Waals surface area contributed by atoms with Gasteiger partial charge in [0, 0.05) is 43.8 Å². The zero-order valence-electron chi connectivity index (χ0n) is 15.6. The molecule has 3 heterocycles. The van der Waals surface area contributed by atoms with Crippen molar-refractivity contribution in [2.45, 2.75) is 26.3 Å². The molecule has 0 aliphatic carbocycles. The lowest BCUT2D eigenvalue weighted by Crippen LogP contribution is -2.29. The van der Waals surface area contributed by atoms with Crippen LogP contribution in [0.4, 0.5) is 11.5 Å². The molecule has 1 aliphatic heterocycles. The highest BCUT2D eigenvalue weighted by molar-refractivity contribution is 6.10. The molecule has 138 valence electrons. The molecule has 27 heavy (non-hydrogen) atoms. The molecule has 2 aromatic heterocycles. The van der Waals surface area contributed by atoms with Gasteiger partial charge in [0.15, 0.2) is 0 Å². The van der Waals surface area contributed by atoms with E-state index < -0.39 is 0 Å². The molecule has 1 N–H and O–H groups in total. The number of carbonyl (C=O) groups excluding carboxylic acids is 1. The van der Waals surface area contributed by atoms with Gasteiger partial charge >= 0.3 is 0 Å². The monoisotopic (exact) mass is 361 g/mol. The summed E-state index contributed by atoms with van der Waals surface area (Å²) in [5.74, 6) is 0.593. The van der Waals surface area contributed by atoms with E-state index in [4.69, 9.17) is 0 Å². The third-order valence-corrected chi connectivity index (χ3v) is 4.94. The van der Waals surface area contributed by atoms with Gasteiger partial charge in [0.25, 0.3) is 5.91 Å². The molecule has 4 rings (SSSR count). The summed E-state index contributed by atoms with van der Waals surface area (Å²) in [4.78, 5) is 19.5. The minimum absolute atomic E-state index is 0.0162. The minimum atomic E-state index is -0.0162. The summed E-state index contributed by atoms with van der Waals surface area (Å²) in [6.45, 7) is 3.38. The number of fused-ring (bicyclic) bond motifs is 1.